The molecule has 0 aromatic carbocycles. The fraction of sp³-hybridized carbons (Fsp3) is 1.00. The SMILES string of the molecule is CC1C(OC2CC(O)C(O)C(CO)O2)OC(CO)C(O)C1O. The van der Waals surface area contributed by atoms with Gasteiger partial charge < -0.3 is 44.8 Å². The minimum Gasteiger partial charge on any atom is -0.394 e. The number of rotatable bonds is 4. The minimum absolute atomic E-state index is 0.0350. The Morgan fingerprint density at radius 1 is 0.909 bits per heavy atom. The molecule has 0 aromatic rings. The third-order valence-electron chi connectivity index (χ3n) is 4.19. The predicted molar refractivity (Wildman–Crippen MR) is 70.4 cm³/mol. The van der Waals surface area contributed by atoms with Crippen LogP contribution in [0.25, 0.3) is 0 Å². The first kappa shape index (κ1) is 18.0. The monoisotopic (exact) mass is 324 g/mol. The van der Waals surface area contributed by atoms with Gasteiger partial charge in [-0.1, -0.05) is 6.92 Å². The Bertz CT molecular complexity index is 352. The maximum absolute atomic E-state index is 9.95. The number of hydrogen-bond acceptors (Lipinski definition) is 9. The van der Waals surface area contributed by atoms with Crippen LogP contribution < -0.4 is 0 Å². The summed E-state index contributed by atoms with van der Waals surface area (Å²) in [7, 11) is 0. The van der Waals surface area contributed by atoms with Crippen LogP contribution in [0.4, 0.5) is 0 Å². The van der Waals surface area contributed by atoms with E-state index in [1.54, 1.807) is 6.92 Å². The zero-order valence-corrected chi connectivity index (χ0v) is 12.2. The topological polar surface area (TPSA) is 149 Å². The van der Waals surface area contributed by atoms with Crippen molar-refractivity contribution in [3.63, 3.8) is 0 Å². The van der Waals surface area contributed by atoms with Crippen molar-refractivity contribution in [3.05, 3.63) is 0 Å². The molecule has 9 unspecified atom stereocenters. The molecule has 9 nitrogen and oxygen atoms in total. The number of aliphatic hydroxyl groups is 6. The molecule has 2 rings (SSSR count). The number of ether oxygens (including phenoxy) is 3. The summed E-state index contributed by atoms with van der Waals surface area (Å²) < 4.78 is 16.3. The molecule has 9 atom stereocenters. The Balaban J connectivity index is 2.00. The molecule has 2 heterocycles. The molecule has 0 spiro atoms. The lowest BCUT2D eigenvalue weighted by molar-refractivity contribution is -0.348. The largest absolute Gasteiger partial charge is 0.394 e. The molecule has 6 N–H and O–H groups in total. The molecule has 9 heteroatoms. The summed E-state index contributed by atoms with van der Waals surface area (Å²) in [6.07, 6.45) is -8.67. The fourth-order valence-electron chi connectivity index (χ4n) is 2.68. The average molecular weight is 324 g/mol. The molecule has 0 aliphatic carbocycles. The second-order valence-electron chi connectivity index (χ2n) is 5.78. The van der Waals surface area contributed by atoms with Crippen molar-refractivity contribution in [2.45, 2.75) is 62.5 Å². The number of aliphatic hydroxyl groups excluding tert-OH is 6. The van der Waals surface area contributed by atoms with Crippen LogP contribution in [0, 0.1) is 5.92 Å². The lowest BCUT2D eigenvalue weighted by Crippen LogP contribution is -2.57. The summed E-state index contributed by atoms with van der Waals surface area (Å²) in [5.41, 5.74) is 0. The van der Waals surface area contributed by atoms with E-state index in [4.69, 9.17) is 24.4 Å². The van der Waals surface area contributed by atoms with Gasteiger partial charge in [-0.05, 0) is 0 Å². The van der Waals surface area contributed by atoms with Crippen LogP contribution >= 0.6 is 0 Å². The van der Waals surface area contributed by atoms with Crippen LogP contribution in [0.2, 0.25) is 0 Å². The van der Waals surface area contributed by atoms with Crippen molar-refractivity contribution in [2.75, 3.05) is 13.2 Å². The molecule has 2 saturated heterocycles. The Hall–Kier alpha value is -0.360. The molecular formula is C13H24O9. The minimum atomic E-state index is -1.23. The van der Waals surface area contributed by atoms with Crippen molar-refractivity contribution in [2.24, 2.45) is 5.92 Å². The third-order valence-corrected chi connectivity index (χ3v) is 4.19. The van der Waals surface area contributed by atoms with Crippen LogP contribution in [-0.4, -0.2) is 93.1 Å². The van der Waals surface area contributed by atoms with Gasteiger partial charge in [0.2, 0.25) is 0 Å². The standard InChI is InChI=1S/C13H24O9/c1-5-10(17)12(19)8(4-15)21-13(5)22-9-2-6(16)11(18)7(3-14)20-9/h5-19H,2-4H2,1H3. The van der Waals surface area contributed by atoms with Gasteiger partial charge in [0, 0.05) is 12.3 Å². The molecule has 0 amide bonds. The summed E-state index contributed by atoms with van der Waals surface area (Å²) in [5, 5.41) is 57.4. The Morgan fingerprint density at radius 3 is 2.09 bits per heavy atom. The predicted octanol–water partition coefficient (Wildman–Crippen LogP) is -3.09. The summed E-state index contributed by atoms with van der Waals surface area (Å²) in [6, 6.07) is 0. The van der Waals surface area contributed by atoms with Gasteiger partial charge in [0.15, 0.2) is 12.6 Å². The van der Waals surface area contributed by atoms with E-state index in [9.17, 15) is 20.4 Å². The molecule has 2 aliphatic heterocycles. The molecule has 0 saturated carbocycles. The van der Waals surface area contributed by atoms with Gasteiger partial charge in [-0.25, -0.2) is 0 Å². The van der Waals surface area contributed by atoms with E-state index in [1.807, 2.05) is 0 Å². The van der Waals surface area contributed by atoms with Crippen molar-refractivity contribution in [1.82, 2.24) is 0 Å². The molecule has 22 heavy (non-hydrogen) atoms. The van der Waals surface area contributed by atoms with Crippen LogP contribution in [0.5, 0.6) is 0 Å². The van der Waals surface area contributed by atoms with Gasteiger partial charge in [0.05, 0.1) is 25.4 Å². The van der Waals surface area contributed by atoms with Gasteiger partial charge in [-0.15, -0.1) is 0 Å². The third kappa shape index (κ3) is 3.58. The lowest BCUT2D eigenvalue weighted by Gasteiger charge is -2.43. The highest BCUT2D eigenvalue weighted by Crippen LogP contribution is 2.30. The zero-order chi connectivity index (χ0) is 16.4. The highest BCUT2D eigenvalue weighted by atomic mass is 16.8. The van der Waals surface area contributed by atoms with Gasteiger partial charge in [-0.2, -0.15) is 0 Å². The molecule has 2 aliphatic rings. The maximum Gasteiger partial charge on any atom is 0.166 e. The average Bonchev–Trinajstić information content (AvgIpc) is 2.51. The molecule has 130 valence electrons. The normalized spacial score (nSPS) is 50.0. The van der Waals surface area contributed by atoms with Gasteiger partial charge in [0.25, 0.3) is 0 Å². The van der Waals surface area contributed by atoms with E-state index in [0.717, 1.165) is 0 Å². The van der Waals surface area contributed by atoms with Crippen molar-refractivity contribution >= 4 is 0 Å². The maximum atomic E-state index is 9.95. The van der Waals surface area contributed by atoms with E-state index >= 15 is 0 Å². The van der Waals surface area contributed by atoms with E-state index in [2.05, 4.69) is 0 Å². The quantitative estimate of drug-likeness (QED) is 0.316. The summed E-state index contributed by atoms with van der Waals surface area (Å²) in [6.45, 7) is 0.625. The molecule has 0 radical (unpaired) electrons. The lowest BCUT2D eigenvalue weighted by atomic mass is 9.92. The Morgan fingerprint density at radius 2 is 1.50 bits per heavy atom. The molecule has 2 fully saturated rings. The molecular weight excluding hydrogens is 300 g/mol. The van der Waals surface area contributed by atoms with E-state index in [-0.39, 0.29) is 6.42 Å². The van der Waals surface area contributed by atoms with Crippen molar-refractivity contribution in [1.29, 1.82) is 0 Å². The molecule has 0 bridgehead atoms. The summed E-state index contributed by atoms with van der Waals surface area (Å²) >= 11 is 0. The smallest absolute Gasteiger partial charge is 0.166 e. The second-order valence-corrected chi connectivity index (χ2v) is 5.78. The molecule has 0 aromatic heterocycles. The summed E-state index contributed by atoms with van der Waals surface area (Å²) in [5.74, 6) is -0.599. The highest BCUT2D eigenvalue weighted by molar-refractivity contribution is 4.88. The number of hydrogen-bond donors (Lipinski definition) is 6. The first-order chi connectivity index (χ1) is 10.4. The van der Waals surface area contributed by atoms with Crippen LogP contribution in [-0.2, 0) is 14.2 Å². The first-order valence-corrected chi connectivity index (χ1v) is 7.29. The van der Waals surface area contributed by atoms with Crippen molar-refractivity contribution < 1.29 is 44.8 Å². The van der Waals surface area contributed by atoms with Gasteiger partial charge >= 0.3 is 0 Å². The van der Waals surface area contributed by atoms with E-state index in [1.165, 1.54) is 0 Å². The van der Waals surface area contributed by atoms with Crippen LogP contribution in [0.1, 0.15) is 13.3 Å². The Labute approximate surface area is 127 Å². The summed E-state index contributed by atoms with van der Waals surface area (Å²) in [4.78, 5) is 0. The van der Waals surface area contributed by atoms with E-state index in [0.29, 0.717) is 0 Å². The second kappa shape index (κ2) is 7.47. The van der Waals surface area contributed by atoms with Gasteiger partial charge in [0.1, 0.15) is 24.4 Å². The fourth-order valence-corrected chi connectivity index (χ4v) is 2.68. The van der Waals surface area contributed by atoms with Crippen LogP contribution in [0.3, 0.4) is 0 Å². The Kier molecular flexibility index (Phi) is 6.11. The van der Waals surface area contributed by atoms with Crippen LogP contribution in [0.15, 0.2) is 0 Å². The first-order valence-electron chi connectivity index (χ1n) is 7.29. The highest BCUT2D eigenvalue weighted by Gasteiger charge is 2.45. The zero-order valence-electron chi connectivity index (χ0n) is 12.2. The van der Waals surface area contributed by atoms with Gasteiger partial charge in [-0.3, -0.25) is 0 Å². The van der Waals surface area contributed by atoms with Crippen molar-refractivity contribution in [3.8, 4) is 0 Å². The van der Waals surface area contributed by atoms with E-state index < -0.39 is 68.3 Å².